The largest absolute Gasteiger partial charge is 0.385 e. The van der Waals surface area contributed by atoms with E-state index >= 15 is 0 Å². The van der Waals surface area contributed by atoms with E-state index in [1.54, 1.807) is 32.4 Å². The van der Waals surface area contributed by atoms with Gasteiger partial charge in [-0.2, -0.15) is 0 Å². The second-order valence-corrected chi connectivity index (χ2v) is 5.28. The summed E-state index contributed by atoms with van der Waals surface area (Å²) in [5, 5.41) is 2.74. The molecule has 110 valence electrons. The van der Waals surface area contributed by atoms with Crippen LogP contribution in [0.3, 0.4) is 0 Å². The molecule has 1 rings (SSSR count). The predicted octanol–water partition coefficient (Wildman–Crippen LogP) is 1.67. The van der Waals surface area contributed by atoms with Gasteiger partial charge in [0.2, 0.25) is 5.91 Å². The molecule has 5 nitrogen and oxygen atoms in total. The van der Waals surface area contributed by atoms with Crippen molar-refractivity contribution in [3.8, 4) is 0 Å². The minimum absolute atomic E-state index is 0.0400. The SMILES string of the molecule is COCCCNC(=O)CN(C)C(=O)c1cccc(Br)c1. The van der Waals surface area contributed by atoms with Crippen LogP contribution in [0.2, 0.25) is 0 Å². The molecular formula is C14H19BrN2O3. The van der Waals surface area contributed by atoms with E-state index in [0.29, 0.717) is 18.7 Å². The van der Waals surface area contributed by atoms with Crippen molar-refractivity contribution in [1.82, 2.24) is 10.2 Å². The molecule has 2 amide bonds. The number of benzene rings is 1. The molecule has 6 heteroatoms. The Morgan fingerprint density at radius 3 is 2.80 bits per heavy atom. The van der Waals surface area contributed by atoms with Gasteiger partial charge in [-0.05, 0) is 24.6 Å². The van der Waals surface area contributed by atoms with Gasteiger partial charge in [0.1, 0.15) is 0 Å². The third-order valence-electron chi connectivity index (χ3n) is 2.65. The van der Waals surface area contributed by atoms with Gasteiger partial charge < -0.3 is 15.0 Å². The minimum atomic E-state index is -0.182. The van der Waals surface area contributed by atoms with Crippen molar-refractivity contribution >= 4 is 27.7 Å². The number of amides is 2. The number of nitrogens with one attached hydrogen (secondary N) is 1. The molecule has 0 atom stereocenters. The number of ether oxygens (including phenoxy) is 1. The molecule has 0 saturated carbocycles. The lowest BCUT2D eigenvalue weighted by atomic mass is 10.2. The van der Waals surface area contributed by atoms with E-state index in [0.717, 1.165) is 10.9 Å². The van der Waals surface area contributed by atoms with Gasteiger partial charge >= 0.3 is 0 Å². The molecule has 0 heterocycles. The zero-order chi connectivity index (χ0) is 15.0. The maximum Gasteiger partial charge on any atom is 0.254 e. The van der Waals surface area contributed by atoms with Crippen LogP contribution in [0.25, 0.3) is 0 Å². The Morgan fingerprint density at radius 2 is 2.15 bits per heavy atom. The van der Waals surface area contributed by atoms with E-state index in [4.69, 9.17) is 4.74 Å². The van der Waals surface area contributed by atoms with Crippen LogP contribution >= 0.6 is 15.9 Å². The monoisotopic (exact) mass is 342 g/mol. The lowest BCUT2D eigenvalue weighted by Gasteiger charge is -2.17. The standard InChI is InChI=1S/C14H19BrN2O3/c1-17(10-13(18)16-7-4-8-20-2)14(19)11-5-3-6-12(15)9-11/h3,5-6,9H,4,7-8,10H2,1-2H3,(H,16,18). The molecule has 0 aliphatic heterocycles. The number of carbonyl (C=O) groups is 2. The Kier molecular flexibility index (Phi) is 7.25. The summed E-state index contributed by atoms with van der Waals surface area (Å²) in [6.07, 6.45) is 0.755. The summed E-state index contributed by atoms with van der Waals surface area (Å²) in [4.78, 5) is 25.2. The lowest BCUT2D eigenvalue weighted by molar-refractivity contribution is -0.121. The molecule has 1 aromatic rings. The Hall–Kier alpha value is -1.40. The number of hydrogen-bond donors (Lipinski definition) is 1. The Bertz CT molecular complexity index is 465. The van der Waals surface area contributed by atoms with Crippen molar-refractivity contribution in [3.63, 3.8) is 0 Å². The summed E-state index contributed by atoms with van der Waals surface area (Å²) in [5.74, 6) is -0.356. The number of carbonyl (C=O) groups excluding carboxylic acids is 2. The second kappa shape index (κ2) is 8.71. The van der Waals surface area contributed by atoms with E-state index in [9.17, 15) is 9.59 Å². The normalized spacial score (nSPS) is 10.2. The maximum atomic E-state index is 12.1. The van der Waals surface area contributed by atoms with E-state index in [2.05, 4.69) is 21.2 Å². The number of hydrogen-bond acceptors (Lipinski definition) is 3. The molecule has 0 radical (unpaired) electrons. The fraction of sp³-hybridized carbons (Fsp3) is 0.429. The van der Waals surface area contributed by atoms with Crippen LogP contribution < -0.4 is 5.32 Å². The molecule has 1 aromatic carbocycles. The molecule has 0 aliphatic rings. The first-order chi connectivity index (χ1) is 9.54. The van der Waals surface area contributed by atoms with Crippen LogP contribution in [0.4, 0.5) is 0 Å². The highest BCUT2D eigenvalue weighted by Crippen LogP contribution is 2.12. The molecule has 20 heavy (non-hydrogen) atoms. The van der Waals surface area contributed by atoms with Crippen LogP contribution in [-0.4, -0.2) is 50.6 Å². The van der Waals surface area contributed by atoms with Crippen LogP contribution in [0.5, 0.6) is 0 Å². The third kappa shape index (κ3) is 5.71. The van der Waals surface area contributed by atoms with Crippen molar-refractivity contribution in [2.45, 2.75) is 6.42 Å². The topological polar surface area (TPSA) is 58.6 Å². The molecular weight excluding hydrogens is 324 g/mol. The molecule has 0 fully saturated rings. The van der Waals surface area contributed by atoms with Gasteiger partial charge in [0.05, 0.1) is 6.54 Å². The zero-order valence-corrected chi connectivity index (χ0v) is 13.3. The van der Waals surface area contributed by atoms with Gasteiger partial charge in [0.25, 0.3) is 5.91 Å². The van der Waals surface area contributed by atoms with Gasteiger partial charge in [-0.3, -0.25) is 9.59 Å². The van der Waals surface area contributed by atoms with Gasteiger partial charge in [-0.15, -0.1) is 0 Å². The van der Waals surface area contributed by atoms with Crippen molar-refractivity contribution in [2.75, 3.05) is 33.9 Å². The molecule has 0 aromatic heterocycles. The summed E-state index contributed by atoms with van der Waals surface area (Å²) >= 11 is 3.32. The van der Waals surface area contributed by atoms with Crippen LogP contribution in [0, 0.1) is 0 Å². The molecule has 0 unspecified atom stereocenters. The van der Waals surface area contributed by atoms with Crippen molar-refractivity contribution in [1.29, 1.82) is 0 Å². The van der Waals surface area contributed by atoms with E-state index in [-0.39, 0.29) is 18.4 Å². The van der Waals surface area contributed by atoms with Crippen LogP contribution in [-0.2, 0) is 9.53 Å². The summed E-state index contributed by atoms with van der Waals surface area (Å²) in [6.45, 7) is 1.19. The van der Waals surface area contributed by atoms with Gasteiger partial charge in [0, 0.05) is 37.3 Å². The van der Waals surface area contributed by atoms with Crippen molar-refractivity contribution in [3.05, 3.63) is 34.3 Å². The van der Waals surface area contributed by atoms with Gasteiger partial charge in [-0.25, -0.2) is 0 Å². The Labute approximate surface area is 127 Å². The van der Waals surface area contributed by atoms with Crippen LogP contribution in [0.1, 0.15) is 16.8 Å². The van der Waals surface area contributed by atoms with Crippen molar-refractivity contribution < 1.29 is 14.3 Å². The average molecular weight is 343 g/mol. The van der Waals surface area contributed by atoms with Crippen LogP contribution in [0.15, 0.2) is 28.7 Å². The summed E-state index contributed by atoms with van der Waals surface area (Å²) in [7, 11) is 3.23. The van der Waals surface area contributed by atoms with Gasteiger partial charge in [0.15, 0.2) is 0 Å². The highest BCUT2D eigenvalue weighted by atomic mass is 79.9. The fourth-order valence-electron chi connectivity index (χ4n) is 1.63. The zero-order valence-electron chi connectivity index (χ0n) is 11.7. The van der Waals surface area contributed by atoms with Gasteiger partial charge in [-0.1, -0.05) is 22.0 Å². The fourth-order valence-corrected chi connectivity index (χ4v) is 2.03. The summed E-state index contributed by atoms with van der Waals surface area (Å²) in [5.41, 5.74) is 0.550. The lowest BCUT2D eigenvalue weighted by Crippen LogP contribution is -2.38. The smallest absolute Gasteiger partial charge is 0.254 e. The van der Waals surface area contributed by atoms with Crippen molar-refractivity contribution in [2.24, 2.45) is 0 Å². The molecule has 1 N–H and O–H groups in total. The number of rotatable bonds is 7. The molecule has 0 saturated heterocycles. The average Bonchev–Trinajstić information content (AvgIpc) is 2.42. The minimum Gasteiger partial charge on any atom is -0.385 e. The molecule has 0 bridgehead atoms. The highest BCUT2D eigenvalue weighted by Gasteiger charge is 2.14. The molecule has 0 aliphatic carbocycles. The molecule has 0 spiro atoms. The second-order valence-electron chi connectivity index (χ2n) is 4.37. The third-order valence-corrected chi connectivity index (χ3v) is 3.14. The maximum absolute atomic E-state index is 12.1. The predicted molar refractivity (Wildman–Crippen MR) is 80.6 cm³/mol. The quantitative estimate of drug-likeness (QED) is 0.767. The summed E-state index contributed by atoms with van der Waals surface area (Å²) in [6, 6.07) is 7.09. The Morgan fingerprint density at radius 1 is 1.40 bits per heavy atom. The number of halogens is 1. The number of nitrogens with zero attached hydrogens (tertiary/aromatic N) is 1. The summed E-state index contributed by atoms with van der Waals surface area (Å²) < 4.78 is 5.73. The van der Waals surface area contributed by atoms with E-state index in [1.807, 2.05) is 6.07 Å². The first kappa shape index (κ1) is 16.7. The van der Waals surface area contributed by atoms with E-state index < -0.39 is 0 Å². The first-order valence-electron chi connectivity index (χ1n) is 6.31. The highest BCUT2D eigenvalue weighted by molar-refractivity contribution is 9.10. The Balaban J connectivity index is 2.43. The first-order valence-corrected chi connectivity index (χ1v) is 7.10. The number of likely N-dealkylation sites (N-methyl/N-ethyl adjacent to an activating group) is 1. The van der Waals surface area contributed by atoms with E-state index in [1.165, 1.54) is 4.90 Å². The number of methoxy groups -OCH3 is 1.